The van der Waals surface area contributed by atoms with E-state index in [4.69, 9.17) is 4.74 Å². The van der Waals surface area contributed by atoms with Crippen molar-refractivity contribution in [2.24, 2.45) is 0 Å². The molecule has 3 heterocycles. The number of anilines is 1. The summed E-state index contributed by atoms with van der Waals surface area (Å²) in [5.41, 5.74) is 0.784. The minimum absolute atomic E-state index is 0.0225. The van der Waals surface area contributed by atoms with Crippen LogP contribution in [0.25, 0.3) is 16.8 Å². The molecule has 0 radical (unpaired) electrons. The molecule has 7 nitrogen and oxygen atoms in total. The Labute approximate surface area is 217 Å². The second kappa shape index (κ2) is 10.4. The summed E-state index contributed by atoms with van der Waals surface area (Å²) in [6.45, 7) is 0.437. The topological polar surface area (TPSA) is 76.5 Å². The Bertz CT molecular complexity index is 1610. The summed E-state index contributed by atoms with van der Waals surface area (Å²) in [5, 5.41) is 0. The predicted octanol–water partition coefficient (Wildman–Crippen LogP) is 4.51. The fourth-order valence-corrected chi connectivity index (χ4v) is 5.31. The van der Waals surface area contributed by atoms with Crippen molar-refractivity contribution in [3.63, 3.8) is 0 Å². The second-order valence-electron chi connectivity index (χ2n) is 8.45. The number of pyridine rings is 2. The summed E-state index contributed by atoms with van der Waals surface area (Å²) in [7, 11) is 1.34. The molecule has 2 aromatic heterocycles. The van der Waals surface area contributed by atoms with Crippen molar-refractivity contribution in [3.8, 4) is 22.6 Å². The number of benzene rings is 2. The SMILES string of the molecule is COc1cc(-c2cc(F)cc(F)c2)c(F)cc1-n1c2c(ccc1=O)CN(S(=O)Nc1cccc(F)n1)CC2. The fourth-order valence-electron chi connectivity index (χ4n) is 4.37. The van der Waals surface area contributed by atoms with Gasteiger partial charge in [0.1, 0.15) is 29.0 Å². The first-order chi connectivity index (χ1) is 18.2. The Morgan fingerprint density at radius 2 is 1.76 bits per heavy atom. The predicted molar refractivity (Wildman–Crippen MR) is 134 cm³/mol. The van der Waals surface area contributed by atoms with E-state index < -0.39 is 40.1 Å². The Morgan fingerprint density at radius 3 is 2.47 bits per heavy atom. The van der Waals surface area contributed by atoms with Crippen LogP contribution >= 0.6 is 0 Å². The van der Waals surface area contributed by atoms with E-state index in [0.29, 0.717) is 17.3 Å². The van der Waals surface area contributed by atoms with Gasteiger partial charge in [0.15, 0.2) is 11.2 Å². The number of halogens is 4. The van der Waals surface area contributed by atoms with Crippen molar-refractivity contribution in [2.75, 3.05) is 18.4 Å². The van der Waals surface area contributed by atoms with Gasteiger partial charge in [0.05, 0.1) is 12.8 Å². The van der Waals surface area contributed by atoms with E-state index in [1.165, 1.54) is 42.0 Å². The van der Waals surface area contributed by atoms with Gasteiger partial charge in [0.25, 0.3) is 5.56 Å². The molecule has 38 heavy (non-hydrogen) atoms. The zero-order valence-electron chi connectivity index (χ0n) is 19.9. The van der Waals surface area contributed by atoms with E-state index in [0.717, 1.165) is 18.2 Å². The van der Waals surface area contributed by atoms with Crippen molar-refractivity contribution in [1.29, 1.82) is 0 Å². The maximum Gasteiger partial charge on any atom is 0.255 e. The smallest absolute Gasteiger partial charge is 0.255 e. The van der Waals surface area contributed by atoms with Gasteiger partial charge >= 0.3 is 0 Å². The van der Waals surface area contributed by atoms with Crippen molar-refractivity contribution >= 4 is 17.0 Å². The minimum Gasteiger partial charge on any atom is -0.495 e. The van der Waals surface area contributed by atoms with Gasteiger partial charge in [0, 0.05) is 49.0 Å². The summed E-state index contributed by atoms with van der Waals surface area (Å²) < 4.78 is 80.0. The molecule has 0 fully saturated rings. The third-order valence-corrected chi connectivity index (χ3v) is 7.22. The summed E-state index contributed by atoms with van der Waals surface area (Å²) in [5.74, 6) is -3.01. The van der Waals surface area contributed by atoms with Crippen LogP contribution in [0.1, 0.15) is 11.3 Å². The molecule has 1 N–H and O–H groups in total. The number of rotatable bonds is 6. The highest BCUT2D eigenvalue weighted by atomic mass is 32.2. The average Bonchev–Trinajstić information content (AvgIpc) is 2.87. The van der Waals surface area contributed by atoms with E-state index in [1.807, 2.05) is 0 Å². The van der Waals surface area contributed by atoms with Crippen LogP contribution in [-0.4, -0.2) is 31.7 Å². The molecular weight excluding hydrogens is 524 g/mol. The Hall–Kier alpha value is -4.03. The Kier molecular flexibility index (Phi) is 7.00. The third kappa shape index (κ3) is 5.04. The number of hydrogen-bond acceptors (Lipinski definition) is 4. The van der Waals surface area contributed by atoms with E-state index >= 15 is 4.39 Å². The number of hydrogen-bond donors (Lipinski definition) is 1. The standard InChI is InChI=1S/C26H20F4N4O3S/c1-37-23-12-19(16-9-17(27)11-18(28)10-16)20(29)13-22(23)34-21-7-8-33(14-15(21)5-6-26(34)35)38(36)32-25-4-2-3-24(30)31-25/h2-6,9-13H,7-8,14H2,1H3,(H,31,32). The molecule has 0 amide bonds. The summed E-state index contributed by atoms with van der Waals surface area (Å²) in [6, 6.07) is 12.1. The fraction of sp³-hybridized carbons (Fsp3) is 0.154. The van der Waals surface area contributed by atoms with Gasteiger partial charge < -0.3 is 4.74 Å². The first-order valence-electron chi connectivity index (χ1n) is 11.4. The number of methoxy groups -OCH3 is 1. The van der Waals surface area contributed by atoms with Crippen LogP contribution in [0.2, 0.25) is 0 Å². The lowest BCUT2D eigenvalue weighted by Gasteiger charge is -2.29. The molecule has 196 valence electrons. The molecule has 0 spiro atoms. The number of ether oxygens (including phenoxy) is 1. The van der Waals surface area contributed by atoms with E-state index in [2.05, 4.69) is 9.71 Å². The van der Waals surface area contributed by atoms with Crippen molar-refractivity contribution in [3.05, 3.63) is 106 Å². The molecule has 1 aliphatic heterocycles. The van der Waals surface area contributed by atoms with Crippen LogP contribution in [0.4, 0.5) is 23.4 Å². The van der Waals surface area contributed by atoms with Crippen molar-refractivity contribution in [1.82, 2.24) is 13.9 Å². The van der Waals surface area contributed by atoms with Gasteiger partial charge in [-0.15, -0.1) is 0 Å². The lowest BCUT2D eigenvalue weighted by atomic mass is 10.0. The highest BCUT2D eigenvalue weighted by Crippen LogP contribution is 2.34. The van der Waals surface area contributed by atoms with Gasteiger partial charge in [-0.2, -0.15) is 4.39 Å². The quantitative estimate of drug-likeness (QED) is 0.286. The van der Waals surface area contributed by atoms with Gasteiger partial charge in [-0.3, -0.25) is 14.1 Å². The monoisotopic (exact) mass is 544 g/mol. The van der Waals surface area contributed by atoms with Crippen LogP contribution in [0, 0.1) is 23.4 Å². The van der Waals surface area contributed by atoms with Gasteiger partial charge in [-0.1, -0.05) is 12.1 Å². The van der Waals surface area contributed by atoms with E-state index in [9.17, 15) is 22.2 Å². The molecule has 1 unspecified atom stereocenters. The van der Waals surface area contributed by atoms with Gasteiger partial charge in [-0.25, -0.2) is 26.7 Å². The second-order valence-corrected chi connectivity index (χ2v) is 9.67. The largest absolute Gasteiger partial charge is 0.495 e. The van der Waals surface area contributed by atoms with Gasteiger partial charge in [-0.05, 0) is 41.5 Å². The van der Waals surface area contributed by atoms with Crippen molar-refractivity contribution < 1.29 is 26.5 Å². The third-order valence-electron chi connectivity index (χ3n) is 6.06. The maximum absolute atomic E-state index is 15.3. The molecule has 0 saturated heterocycles. The number of fused-ring (bicyclic) bond motifs is 1. The average molecular weight is 545 g/mol. The Morgan fingerprint density at radius 1 is 1.00 bits per heavy atom. The lowest BCUT2D eigenvalue weighted by molar-refractivity contribution is 0.403. The summed E-state index contributed by atoms with van der Waals surface area (Å²) in [6.07, 6.45) is 0.275. The molecule has 1 atom stereocenters. The van der Waals surface area contributed by atoms with Crippen LogP contribution in [0.3, 0.4) is 0 Å². The summed E-state index contributed by atoms with van der Waals surface area (Å²) in [4.78, 5) is 16.6. The normalized spacial score (nSPS) is 14.1. The number of aromatic nitrogens is 2. The molecule has 0 saturated carbocycles. The zero-order chi connectivity index (χ0) is 27.0. The molecular formula is C26H20F4N4O3S. The molecule has 4 aromatic rings. The van der Waals surface area contributed by atoms with Crippen LogP contribution in [-0.2, 0) is 24.1 Å². The molecule has 5 rings (SSSR count). The molecule has 1 aliphatic rings. The molecule has 2 aromatic carbocycles. The van der Waals surface area contributed by atoms with E-state index in [-0.39, 0.29) is 47.9 Å². The van der Waals surface area contributed by atoms with Crippen molar-refractivity contribution in [2.45, 2.75) is 13.0 Å². The highest BCUT2D eigenvalue weighted by molar-refractivity contribution is 7.84. The van der Waals surface area contributed by atoms with Crippen LogP contribution < -0.4 is 15.0 Å². The van der Waals surface area contributed by atoms with E-state index in [1.54, 1.807) is 10.4 Å². The van der Waals surface area contributed by atoms with Gasteiger partial charge in [0.2, 0.25) is 5.95 Å². The number of nitrogens with zero attached hydrogens (tertiary/aromatic N) is 3. The Balaban J connectivity index is 1.50. The molecule has 12 heteroatoms. The number of nitrogens with one attached hydrogen (secondary N) is 1. The molecule has 0 aliphatic carbocycles. The maximum atomic E-state index is 15.3. The van der Waals surface area contributed by atoms with Crippen LogP contribution in [0.5, 0.6) is 5.75 Å². The molecule has 0 bridgehead atoms. The first-order valence-corrected chi connectivity index (χ1v) is 12.5. The van der Waals surface area contributed by atoms with Crippen LogP contribution in [0.15, 0.2) is 65.5 Å². The first kappa shape index (κ1) is 25.6. The lowest BCUT2D eigenvalue weighted by Crippen LogP contribution is -2.38. The summed E-state index contributed by atoms with van der Waals surface area (Å²) >= 11 is -1.75. The minimum atomic E-state index is -1.75. The zero-order valence-corrected chi connectivity index (χ0v) is 20.7. The highest BCUT2D eigenvalue weighted by Gasteiger charge is 2.26.